The average molecular weight is 565 g/mol. The lowest BCUT2D eigenvalue weighted by molar-refractivity contribution is 0.482. The van der Waals surface area contributed by atoms with Crippen molar-refractivity contribution < 1.29 is 4.74 Å². The van der Waals surface area contributed by atoms with Crippen molar-refractivity contribution in [3.8, 4) is 17.3 Å². The second-order valence-corrected chi connectivity index (χ2v) is 13.5. The molecule has 4 aromatic carbocycles. The average Bonchev–Trinajstić information content (AvgIpc) is 3.50. The Balaban J connectivity index is 1.24. The zero-order chi connectivity index (χ0) is 29.7. The molecule has 2 aromatic heterocycles. The number of benzene rings is 4. The minimum atomic E-state index is -0.102. The lowest BCUT2D eigenvalue weighted by Crippen LogP contribution is -2.32. The molecule has 0 atom stereocenters. The molecule has 214 valence electrons. The van der Waals surface area contributed by atoms with Crippen LogP contribution in [-0.2, 0) is 10.8 Å². The van der Waals surface area contributed by atoms with Crippen molar-refractivity contribution in [1.82, 2.24) is 9.55 Å². The fourth-order valence-electron chi connectivity index (χ4n) is 7.06. The SMILES string of the molecule is CN1CN2c3cc(Oc4ccc5c6ccccc6n(-c6cc(C(C)(C)C)ccn6)c5c4)ccc3C(C)(C)c3cccc1c32. The summed E-state index contributed by atoms with van der Waals surface area (Å²) >= 11 is 0. The van der Waals surface area contributed by atoms with Crippen LogP contribution in [0.3, 0.4) is 0 Å². The topological polar surface area (TPSA) is 33.5 Å². The molecule has 0 spiro atoms. The molecule has 5 heteroatoms. The van der Waals surface area contributed by atoms with Crippen LogP contribution in [0, 0.1) is 0 Å². The zero-order valence-electron chi connectivity index (χ0n) is 25.6. The summed E-state index contributed by atoms with van der Waals surface area (Å²) in [5.41, 5.74) is 9.90. The van der Waals surface area contributed by atoms with Crippen molar-refractivity contribution in [2.45, 2.75) is 45.4 Å². The maximum Gasteiger partial charge on any atom is 0.137 e. The van der Waals surface area contributed by atoms with E-state index < -0.39 is 0 Å². The third-order valence-corrected chi connectivity index (χ3v) is 9.38. The molecule has 0 amide bonds. The number of pyridine rings is 1. The van der Waals surface area contributed by atoms with Crippen LogP contribution in [0.4, 0.5) is 17.1 Å². The number of anilines is 3. The van der Waals surface area contributed by atoms with Gasteiger partial charge in [0, 0.05) is 41.6 Å². The molecule has 6 aromatic rings. The van der Waals surface area contributed by atoms with Crippen LogP contribution in [-0.4, -0.2) is 23.3 Å². The Kier molecular flexibility index (Phi) is 5.34. The van der Waals surface area contributed by atoms with Gasteiger partial charge in [-0.3, -0.25) is 4.57 Å². The largest absolute Gasteiger partial charge is 0.457 e. The summed E-state index contributed by atoms with van der Waals surface area (Å²) in [7, 11) is 2.17. The fourth-order valence-corrected chi connectivity index (χ4v) is 7.06. The van der Waals surface area contributed by atoms with Crippen molar-refractivity contribution >= 4 is 38.9 Å². The van der Waals surface area contributed by atoms with Gasteiger partial charge in [-0.25, -0.2) is 4.98 Å². The van der Waals surface area contributed by atoms with Gasteiger partial charge in [0.2, 0.25) is 0 Å². The summed E-state index contributed by atoms with van der Waals surface area (Å²) in [5.74, 6) is 2.55. The van der Waals surface area contributed by atoms with E-state index in [0.717, 1.165) is 35.0 Å². The molecule has 5 nitrogen and oxygen atoms in total. The van der Waals surface area contributed by atoms with Crippen molar-refractivity contribution in [3.05, 3.63) is 114 Å². The van der Waals surface area contributed by atoms with E-state index >= 15 is 0 Å². The van der Waals surface area contributed by atoms with E-state index in [1.165, 1.54) is 44.5 Å². The first kappa shape index (κ1) is 25.9. The molecule has 8 rings (SSSR count). The molecular weight excluding hydrogens is 528 g/mol. The maximum absolute atomic E-state index is 6.64. The van der Waals surface area contributed by atoms with Gasteiger partial charge in [0.05, 0.1) is 34.8 Å². The lowest BCUT2D eigenvalue weighted by Gasteiger charge is -2.39. The van der Waals surface area contributed by atoms with E-state index in [2.05, 4.69) is 147 Å². The normalized spacial score (nSPS) is 15.2. The van der Waals surface area contributed by atoms with E-state index in [9.17, 15) is 0 Å². The Bertz CT molecular complexity index is 2080. The number of rotatable bonds is 3. The Morgan fingerprint density at radius 1 is 0.744 bits per heavy atom. The maximum atomic E-state index is 6.64. The number of fused-ring (bicyclic) bond motifs is 5. The highest BCUT2D eigenvalue weighted by atomic mass is 16.5. The fraction of sp³-hybridized carbons (Fsp3) is 0.237. The van der Waals surface area contributed by atoms with Gasteiger partial charge >= 0.3 is 0 Å². The van der Waals surface area contributed by atoms with Crippen molar-refractivity contribution in [3.63, 3.8) is 0 Å². The molecule has 2 aliphatic heterocycles. The van der Waals surface area contributed by atoms with E-state index in [4.69, 9.17) is 9.72 Å². The van der Waals surface area contributed by atoms with Crippen LogP contribution < -0.4 is 14.5 Å². The van der Waals surface area contributed by atoms with Gasteiger partial charge in [-0.15, -0.1) is 0 Å². The first-order chi connectivity index (χ1) is 20.6. The summed E-state index contributed by atoms with van der Waals surface area (Å²) in [5, 5.41) is 2.39. The first-order valence-electron chi connectivity index (χ1n) is 15.1. The van der Waals surface area contributed by atoms with Crippen LogP contribution in [0.15, 0.2) is 97.2 Å². The highest BCUT2D eigenvalue weighted by Gasteiger charge is 2.41. The summed E-state index contributed by atoms with van der Waals surface area (Å²) in [6.07, 6.45) is 1.92. The Hall–Kier alpha value is -4.77. The second-order valence-electron chi connectivity index (χ2n) is 13.5. The highest BCUT2D eigenvalue weighted by molar-refractivity contribution is 6.09. The monoisotopic (exact) mass is 564 g/mol. The summed E-state index contributed by atoms with van der Waals surface area (Å²) in [4.78, 5) is 9.59. The third-order valence-electron chi connectivity index (χ3n) is 9.38. The van der Waals surface area contributed by atoms with Crippen molar-refractivity contribution in [1.29, 1.82) is 0 Å². The molecule has 0 radical (unpaired) electrons. The molecule has 0 saturated carbocycles. The second kappa shape index (κ2) is 8.87. The zero-order valence-corrected chi connectivity index (χ0v) is 25.6. The molecule has 0 unspecified atom stereocenters. The van der Waals surface area contributed by atoms with Gasteiger partial charge in [0.15, 0.2) is 0 Å². The van der Waals surface area contributed by atoms with E-state index in [-0.39, 0.29) is 10.8 Å². The van der Waals surface area contributed by atoms with Crippen molar-refractivity contribution in [2.24, 2.45) is 0 Å². The smallest absolute Gasteiger partial charge is 0.137 e. The molecule has 4 heterocycles. The molecule has 0 fully saturated rings. The van der Waals surface area contributed by atoms with Gasteiger partial charge in [0.25, 0.3) is 0 Å². The van der Waals surface area contributed by atoms with Crippen LogP contribution in [0.2, 0.25) is 0 Å². The molecule has 0 aliphatic carbocycles. The van der Waals surface area contributed by atoms with Crippen LogP contribution >= 0.6 is 0 Å². The number of hydrogen-bond donors (Lipinski definition) is 0. The van der Waals surface area contributed by atoms with Crippen LogP contribution in [0.25, 0.3) is 27.6 Å². The number of nitrogens with zero attached hydrogens (tertiary/aromatic N) is 4. The Morgan fingerprint density at radius 3 is 2.35 bits per heavy atom. The number of ether oxygens (including phenoxy) is 1. The minimum Gasteiger partial charge on any atom is -0.457 e. The van der Waals surface area contributed by atoms with Gasteiger partial charge in [0.1, 0.15) is 17.3 Å². The Labute approximate surface area is 253 Å². The Morgan fingerprint density at radius 2 is 1.51 bits per heavy atom. The van der Waals surface area contributed by atoms with E-state index in [1.807, 2.05) is 6.20 Å². The standard InChI is InChI=1S/C38H36N4O/c1-37(2,3)24-18-19-39-35(20-24)42-31-12-8-7-10-27(31)28-16-14-25(21-33(28)42)43-26-15-17-29-34(22-26)41-23-40(6)32-13-9-11-30(36(32)41)38(29,4)5/h7-22H,23H2,1-6H3. The molecule has 0 saturated heterocycles. The molecule has 0 bridgehead atoms. The van der Waals surface area contributed by atoms with Gasteiger partial charge in [-0.05, 0) is 64.6 Å². The van der Waals surface area contributed by atoms with E-state index in [0.29, 0.717) is 0 Å². The third kappa shape index (κ3) is 3.80. The van der Waals surface area contributed by atoms with Gasteiger partial charge in [-0.2, -0.15) is 0 Å². The van der Waals surface area contributed by atoms with Gasteiger partial charge < -0.3 is 14.5 Å². The van der Waals surface area contributed by atoms with E-state index in [1.54, 1.807) is 0 Å². The first-order valence-corrected chi connectivity index (χ1v) is 15.1. The predicted molar refractivity (Wildman–Crippen MR) is 178 cm³/mol. The van der Waals surface area contributed by atoms with Crippen LogP contribution in [0.1, 0.15) is 51.3 Å². The number of para-hydroxylation sites is 2. The lowest BCUT2D eigenvalue weighted by atomic mass is 9.73. The highest BCUT2D eigenvalue weighted by Crippen LogP contribution is 2.55. The quantitative estimate of drug-likeness (QED) is 0.214. The molecule has 43 heavy (non-hydrogen) atoms. The summed E-state index contributed by atoms with van der Waals surface area (Å²) in [6.45, 7) is 12.2. The molecular formula is C38H36N4O. The molecule has 2 aliphatic rings. The number of hydrogen-bond acceptors (Lipinski definition) is 4. The van der Waals surface area contributed by atoms with Crippen LogP contribution in [0.5, 0.6) is 11.5 Å². The van der Waals surface area contributed by atoms with Crippen molar-refractivity contribution in [2.75, 3.05) is 23.5 Å². The number of aromatic nitrogens is 2. The molecule has 0 N–H and O–H groups in total. The summed E-state index contributed by atoms with van der Waals surface area (Å²) < 4.78 is 8.90. The van der Waals surface area contributed by atoms with Gasteiger partial charge in [-0.1, -0.05) is 71.0 Å². The summed E-state index contributed by atoms with van der Waals surface area (Å²) in [6, 6.07) is 32.5. The minimum absolute atomic E-state index is 0.0250. The predicted octanol–water partition coefficient (Wildman–Crippen LogP) is 9.45.